The van der Waals surface area contributed by atoms with Crippen molar-refractivity contribution in [1.82, 2.24) is 4.90 Å². The highest BCUT2D eigenvalue weighted by Crippen LogP contribution is 2.63. The number of anilines is 2. The number of carbonyl (C=O) groups is 3. The fourth-order valence-electron chi connectivity index (χ4n) is 6.59. The van der Waals surface area contributed by atoms with E-state index in [2.05, 4.69) is 10.6 Å². The molecule has 0 aromatic heterocycles. The number of halogens is 1. The number of nitrogens with one attached hydrogen (secondary N) is 2. The third-order valence-corrected chi connectivity index (χ3v) is 8.65. The molecule has 9 heteroatoms. The third kappa shape index (κ3) is 3.93. The predicted octanol–water partition coefficient (Wildman–Crippen LogP) is 3.76. The van der Waals surface area contributed by atoms with Gasteiger partial charge in [0.1, 0.15) is 11.6 Å². The van der Waals surface area contributed by atoms with Gasteiger partial charge in [0.15, 0.2) is 0 Å². The van der Waals surface area contributed by atoms with Gasteiger partial charge in [0.05, 0.1) is 40.8 Å². The van der Waals surface area contributed by atoms with E-state index in [0.29, 0.717) is 35.7 Å². The van der Waals surface area contributed by atoms with Gasteiger partial charge in [-0.15, -0.1) is 0 Å². The molecule has 3 heterocycles. The van der Waals surface area contributed by atoms with E-state index in [-0.39, 0.29) is 18.4 Å². The number of amides is 3. The molecule has 3 fully saturated rings. The van der Waals surface area contributed by atoms with Gasteiger partial charge in [-0.1, -0.05) is 48.9 Å². The SMILES string of the molecule is CC[C@@H](CO)N1C(=O)[C@@H]2[C@@H](C(=O)Nc3ccccc3)[C@@]3(C)CCC2(O3)C1C(=O)Nc1c(C)cccc1Cl. The second kappa shape index (κ2) is 9.42. The largest absolute Gasteiger partial charge is 0.394 e. The molecule has 8 nitrogen and oxygen atoms in total. The summed E-state index contributed by atoms with van der Waals surface area (Å²) in [5.41, 5.74) is -0.211. The molecule has 2 unspecified atom stereocenters. The number of hydrogen-bond donors (Lipinski definition) is 3. The van der Waals surface area contributed by atoms with Crippen molar-refractivity contribution in [2.75, 3.05) is 17.2 Å². The molecule has 0 aliphatic carbocycles. The Morgan fingerprint density at radius 2 is 1.86 bits per heavy atom. The van der Waals surface area contributed by atoms with E-state index in [9.17, 15) is 19.5 Å². The lowest BCUT2D eigenvalue weighted by Gasteiger charge is -2.36. The summed E-state index contributed by atoms with van der Waals surface area (Å²) in [5.74, 6) is -2.72. The van der Waals surface area contributed by atoms with E-state index in [1.165, 1.54) is 4.90 Å². The number of aliphatic hydroxyl groups excluding tert-OH is 1. The van der Waals surface area contributed by atoms with Crippen molar-refractivity contribution in [2.45, 2.75) is 63.3 Å². The van der Waals surface area contributed by atoms with Gasteiger partial charge >= 0.3 is 0 Å². The highest BCUT2D eigenvalue weighted by Gasteiger charge is 2.78. The van der Waals surface area contributed by atoms with Gasteiger partial charge < -0.3 is 25.4 Å². The number of likely N-dealkylation sites (tertiary alicyclic amines) is 1. The second-order valence-corrected chi connectivity index (χ2v) is 10.9. The molecule has 2 aromatic carbocycles. The maximum absolute atomic E-state index is 14.1. The molecule has 3 aliphatic heterocycles. The molecule has 37 heavy (non-hydrogen) atoms. The molecule has 3 N–H and O–H groups in total. The van der Waals surface area contributed by atoms with Crippen molar-refractivity contribution in [3.8, 4) is 0 Å². The molecule has 196 valence electrons. The molecule has 3 saturated heterocycles. The summed E-state index contributed by atoms with van der Waals surface area (Å²) in [5, 5.41) is 16.4. The van der Waals surface area contributed by atoms with Crippen LogP contribution in [0.2, 0.25) is 5.02 Å². The average Bonchev–Trinajstić information content (AvgIpc) is 3.44. The van der Waals surface area contributed by atoms with Crippen LogP contribution in [0.15, 0.2) is 48.5 Å². The highest BCUT2D eigenvalue weighted by atomic mass is 35.5. The Hall–Kier alpha value is -2.94. The standard InChI is InChI=1S/C28H32ClN3O5/c1-4-18(15-33)32-23(25(35)31-22-16(2)9-8-12-19(22)29)28-14-13-27(3,37-28)20(21(28)26(32)36)24(34)30-17-10-6-5-7-11-17/h5-12,18,20-21,23,33H,4,13-15H2,1-3H3,(H,30,34)(H,31,35)/t18-,20-,21-,23?,27+,28?/m0/s1. The Bertz CT molecular complexity index is 1220. The topological polar surface area (TPSA) is 108 Å². The smallest absolute Gasteiger partial charge is 0.250 e. The molecule has 3 amide bonds. The van der Waals surface area contributed by atoms with Crippen LogP contribution in [0.3, 0.4) is 0 Å². The molecule has 3 aliphatic rings. The van der Waals surface area contributed by atoms with Crippen LogP contribution in [0.4, 0.5) is 11.4 Å². The first kappa shape index (κ1) is 25.7. The van der Waals surface area contributed by atoms with Crippen LogP contribution in [-0.2, 0) is 19.1 Å². The Balaban J connectivity index is 1.55. The Morgan fingerprint density at radius 1 is 1.14 bits per heavy atom. The van der Waals surface area contributed by atoms with Crippen LogP contribution in [0.1, 0.15) is 38.7 Å². The van der Waals surface area contributed by atoms with Crippen molar-refractivity contribution in [2.24, 2.45) is 11.8 Å². The van der Waals surface area contributed by atoms with E-state index >= 15 is 0 Å². The molecule has 1 spiro atoms. The molecular formula is C28H32ClN3O5. The molecule has 0 radical (unpaired) electrons. The zero-order valence-electron chi connectivity index (χ0n) is 21.2. The van der Waals surface area contributed by atoms with Gasteiger partial charge in [0, 0.05) is 5.69 Å². The van der Waals surface area contributed by atoms with Crippen molar-refractivity contribution < 1.29 is 24.2 Å². The fraction of sp³-hybridized carbons (Fsp3) is 0.464. The minimum Gasteiger partial charge on any atom is -0.394 e. The fourth-order valence-corrected chi connectivity index (χ4v) is 6.86. The van der Waals surface area contributed by atoms with Crippen molar-refractivity contribution in [3.63, 3.8) is 0 Å². The molecule has 5 rings (SSSR count). The number of rotatable bonds is 7. The maximum Gasteiger partial charge on any atom is 0.250 e. The first-order valence-electron chi connectivity index (χ1n) is 12.7. The van der Waals surface area contributed by atoms with E-state index in [1.54, 1.807) is 24.3 Å². The zero-order chi connectivity index (χ0) is 26.5. The van der Waals surface area contributed by atoms with Gasteiger partial charge in [0.25, 0.3) is 0 Å². The Labute approximate surface area is 221 Å². The first-order valence-corrected chi connectivity index (χ1v) is 13.1. The number of nitrogens with zero attached hydrogens (tertiary/aromatic N) is 1. The van der Waals surface area contributed by atoms with Crippen LogP contribution in [-0.4, -0.2) is 57.6 Å². The van der Waals surface area contributed by atoms with Gasteiger partial charge in [-0.25, -0.2) is 0 Å². The maximum atomic E-state index is 14.1. The van der Waals surface area contributed by atoms with Crippen molar-refractivity contribution in [3.05, 3.63) is 59.1 Å². The number of hydrogen-bond acceptors (Lipinski definition) is 5. The Morgan fingerprint density at radius 3 is 2.51 bits per heavy atom. The number of fused-ring (bicyclic) bond motifs is 1. The minimum atomic E-state index is -1.19. The molecule has 2 aromatic rings. The van der Waals surface area contributed by atoms with Gasteiger partial charge in [-0.3, -0.25) is 14.4 Å². The van der Waals surface area contributed by atoms with Crippen LogP contribution in [0, 0.1) is 18.8 Å². The monoisotopic (exact) mass is 525 g/mol. The lowest BCUT2D eigenvalue weighted by atomic mass is 9.66. The van der Waals surface area contributed by atoms with Crippen LogP contribution >= 0.6 is 11.6 Å². The number of carbonyl (C=O) groups excluding carboxylic acids is 3. The minimum absolute atomic E-state index is 0.307. The van der Waals surface area contributed by atoms with Gasteiger partial charge in [-0.05, 0) is 56.9 Å². The van der Waals surface area contributed by atoms with Crippen LogP contribution in [0.5, 0.6) is 0 Å². The molecule has 2 bridgehead atoms. The number of aliphatic hydroxyl groups is 1. The summed E-state index contributed by atoms with van der Waals surface area (Å²) in [4.78, 5) is 43.2. The summed E-state index contributed by atoms with van der Waals surface area (Å²) in [6.45, 7) is 5.24. The molecule has 6 atom stereocenters. The summed E-state index contributed by atoms with van der Waals surface area (Å²) in [6.07, 6.45) is 1.42. The summed E-state index contributed by atoms with van der Waals surface area (Å²) < 4.78 is 6.62. The molecular weight excluding hydrogens is 494 g/mol. The average molecular weight is 526 g/mol. The van der Waals surface area contributed by atoms with Gasteiger partial charge in [-0.2, -0.15) is 0 Å². The van der Waals surface area contributed by atoms with E-state index in [1.807, 2.05) is 45.0 Å². The zero-order valence-corrected chi connectivity index (χ0v) is 21.9. The van der Waals surface area contributed by atoms with E-state index < -0.39 is 41.0 Å². The molecule has 0 saturated carbocycles. The van der Waals surface area contributed by atoms with Crippen LogP contribution in [0.25, 0.3) is 0 Å². The lowest BCUT2D eigenvalue weighted by Crippen LogP contribution is -2.56. The quantitative estimate of drug-likeness (QED) is 0.510. The van der Waals surface area contributed by atoms with Crippen LogP contribution < -0.4 is 10.6 Å². The lowest BCUT2D eigenvalue weighted by molar-refractivity contribution is -0.146. The number of aryl methyl sites for hydroxylation is 1. The van der Waals surface area contributed by atoms with E-state index in [4.69, 9.17) is 16.3 Å². The summed E-state index contributed by atoms with van der Waals surface area (Å²) in [6, 6.07) is 12.8. The van der Waals surface area contributed by atoms with Crippen molar-refractivity contribution in [1.29, 1.82) is 0 Å². The highest BCUT2D eigenvalue weighted by molar-refractivity contribution is 6.34. The Kier molecular flexibility index (Phi) is 6.54. The first-order chi connectivity index (χ1) is 17.7. The summed E-state index contributed by atoms with van der Waals surface area (Å²) >= 11 is 6.39. The normalized spacial score (nSPS) is 30.8. The number of benzene rings is 2. The second-order valence-electron chi connectivity index (χ2n) is 10.5. The number of ether oxygens (including phenoxy) is 1. The van der Waals surface area contributed by atoms with Crippen molar-refractivity contribution >= 4 is 40.7 Å². The van der Waals surface area contributed by atoms with Gasteiger partial charge in [0.2, 0.25) is 17.7 Å². The predicted molar refractivity (Wildman–Crippen MR) is 140 cm³/mol. The van der Waals surface area contributed by atoms with E-state index in [0.717, 1.165) is 5.56 Å². The number of para-hydroxylation sites is 2. The third-order valence-electron chi connectivity index (χ3n) is 8.33. The summed E-state index contributed by atoms with van der Waals surface area (Å²) in [7, 11) is 0.